The van der Waals surface area contributed by atoms with Gasteiger partial charge >= 0.3 is 6.09 Å². The molecule has 11 heteroatoms. The zero-order valence-corrected chi connectivity index (χ0v) is 15.3. The van der Waals surface area contributed by atoms with E-state index in [9.17, 15) is 13.6 Å². The molecule has 0 saturated carbocycles. The maximum absolute atomic E-state index is 12.8. The van der Waals surface area contributed by atoms with Crippen molar-refractivity contribution >= 4 is 17.7 Å². The van der Waals surface area contributed by atoms with Gasteiger partial charge in [-0.2, -0.15) is 0 Å². The Bertz CT molecular complexity index is 1040. The van der Waals surface area contributed by atoms with Crippen molar-refractivity contribution in [2.24, 2.45) is 0 Å². The van der Waals surface area contributed by atoms with Crippen LogP contribution in [0.5, 0.6) is 0 Å². The number of rotatable bonds is 6. The fourth-order valence-electron chi connectivity index (χ4n) is 2.95. The fraction of sp³-hybridized carbons (Fsp3) is 0.278. The summed E-state index contributed by atoms with van der Waals surface area (Å²) in [6.45, 7) is 2.71. The molecule has 1 aliphatic rings. The first-order chi connectivity index (χ1) is 14.0. The Hall–Kier alpha value is -3.63. The monoisotopic (exact) mass is 401 g/mol. The van der Waals surface area contributed by atoms with Gasteiger partial charge in [-0.1, -0.05) is 5.21 Å². The van der Waals surface area contributed by atoms with Gasteiger partial charge in [0.15, 0.2) is 0 Å². The number of alkyl carbamates (subject to hydrolysis) is 1. The number of hydrogen-bond acceptors (Lipinski definition) is 7. The zero-order chi connectivity index (χ0) is 20.4. The molecule has 2 N–H and O–H groups in total. The van der Waals surface area contributed by atoms with E-state index in [4.69, 9.17) is 4.74 Å². The van der Waals surface area contributed by atoms with Crippen molar-refractivity contribution in [3.8, 4) is 11.3 Å². The number of alkyl halides is 2. The van der Waals surface area contributed by atoms with Gasteiger partial charge in [0.2, 0.25) is 5.95 Å². The van der Waals surface area contributed by atoms with E-state index >= 15 is 0 Å². The second-order valence-corrected chi connectivity index (χ2v) is 6.55. The lowest BCUT2D eigenvalue weighted by atomic mass is 10.1. The number of halogens is 2. The van der Waals surface area contributed by atoms with Gasteiger partial charge in [-0.05, 0) is 36.8 Å². The van der Waals surface area contributed by atoms with E-state index in [0.29, 0.717) is 24.5 Å². The number of carbonyl (C=O) groups is 1. The van der Waals surface area contributed by atoms with Crippen LogP contribution in [-0.2, 0) is 11.3 Å². The zero-order valence-electron chi connectivity index (χ0n) is 15.3. The number of ether oxygens (including phenoxy) is 1. The number of aromatic nitrogens is 5. The quantitative estimate of drug-likeness (QED) is 0.654. The van der Waals surface area contributed by atoms with E-state index in [1.54, 1.807) is 16.9 Å². The lowest BCUT2D eigenvalue weighted by molar-refractivity contribution is 0.128. The molecule has 1 aromatic carbocycles. The summed E-state index contributed by atoms with van der Waals surface area (Å²) in [5.74, 6) is 0.0820. The molecule has 0 radical (unpaired) electrons. The third kappa shape index (κ3) is 4.45. The van der Waals surface area contributed by atoms with Crippen LogP contribution in [0.4, 0.5) is 25.2 Å². The minimum atomic E-state index is -2.67. The summed E-state index contributed by atoms with van der Waals surface area (Å²) in [6.07, 6.45) is -0.382. The third-order valence-electron chi connectivity index (χ3n) is 4.21. The number of carbonyl (C=O) groups excluding carboxylic acids is 1. The predicted octanol–water partition coefficient (Wildman–Crippen LogP) is 2.83. The molecule has 0 bridgehead atoms. The number of hydrogen-bond donors (Lipinski definition) is 2. The molecule has 150 valence electrons. The van der Waals surface area contributed by atoms with Crippen LogP contribution in [0.2, 0.25) is 0 Å². The molecule has 4 rings (SSSR count). The first-order valence-electron chi connectivity index (χ1n) is 8.81. The Balaban J connectivity index is 1.53. The van der Waals surface area contributed by atoms with E-state index in [0.717, 1.165) is 11.1 Å². The lowest BCUT2D eigenvalue weighted by Crippen LogP contribution is -2.20. The van der Waals surface area contributed by atoms with Crippen LogP contribution in [0, 0.1) is 6.92 Å². The van der Waals surface area contributed by atoms with Crippen LogP contribution in [-0.4, -0.2) is 43.7 Å². The first-order valence-corrected chi connectivity index (χ1v) is 8.81. The van der Waals surface area contributed by atoms with Crippen LogP contribution in [0.25, 0.3) is 11.3 Å². The second-order valence-electron chi connectivity index (χ2n) is 6.55. The lowest BCUT2D eigenvalue weighted by Gasteiger charge is -2.09. The number of aryl methyl sites for hydroxylation is 1. The Labute approximate surface area is 164 Å². The molecular weight excluding hydrogens is 384 g/mol. The molecule has 9 nitrogen and oxygen atoms in total. The summed E-state index contributed by atoms with van der Waals surface area (Å²) in [4.78, 5) is 18.9. The topological polar surface area (TPSA) is 107 Å². The number of anilines is 2. The molecular formula is C18H17F2N7O2. The molecule has 0 aliphatic carbocycles. The summed E-state index contributed by atoms with van der Waals surface area (Å²) in [5.41, 5.74) is 2.62. The van der Waals surface area contributed by atoms with Crippen molar-refractivity contribution < 1.29 is 18.3 Å². The van der Waals surface area contributed by atoms with E-state index in [1.165, 1.54) is 12.3 Å². The highest BCUT2D eigenvalue weighted by atomic mass is 19.3. The Morgan fingerprint density at radius 2 is 2.24 bits per heavy atom. The van der Waals surface area contributed by atoms with Gasteiger partial charge in [0.1, 0.15) is 17.5 Å². The van der Waals surface area contributed by atoms with Crippen LogP contribution in [0.1, 0.15) is 17.7 Å². The molecule has 0 unspecified atom stereocenters. The summed E-state index contributed by atoms with van der Waals surface area (Å²) in [6, 6.07) is 6.74. The summed E-state index contributed by atoms with van der Waals surface area (Å²) in [5, 5.41) is 13.8. The second kappa shape index (κ2) is 7.78. The highest BCUT2D eigenvalue weighted by Crippen LogP contribution is 2.25. The molecule has 2 aromatic heterocycles. The van der Waals surface area contributed by atoms with Crippen LogP contribution < -0.4 is 10.6 Å². The van der Waals surface area contributed by atoms with E-state index in [1.807, 2.05) is 19.1 Å². The first kappa shape index (κ1) is 18.7. The molecule has 1 amide bonds. The Morgan fingerprint density at radius 3 is 3.00 bits per heavy atom. The normalized spacial score (nSPS) is 16.0. The highest BCUT2D eigenvalue weighted by molar-refractivity contribution is 5.69. The fourth-order valence-corrected chi connectivity index (χ4v) is 2.95. The number of nitrogens with zero attached hydrogens (tertiary/aromatic N) is 5. The minimum absolute atomic E-state index is 0.0820. The molecule has 1 fully saturated rings. The number of nitrogens with one attached hydrogen (secondary N) is 2. The van der Waals surface area contributed by atoms with Gasteiger partial charge in [0.05, 0.1) is 19.3 Å². The molecule has 0 spiro atoms. The van der Waals surface area contributed by atoms with Gasteiger partial charge < -0.3 is 15.4 Å². The standard InChI is InChI=1S/C18H17F2N7O2/c1-10-4-11(15-9-27(26-25-15)8-13-7-22-18(28)29-13)6-12(5-10)23-17-21-3-2-14(24-17)16(19)20/h2-6,9,13,16H,7-8H2,1H3,(H,22,28)(H,21,23,24)/t13-/m1/s1. The molecule has 1 atom stereocenters. The average molecular weight is 401 g/mol. The van der Waals surface area contributed by atoms with Crippen molar-refractivity contribution in [2.45, 2.75) is 26.0 Å². The van der Waals surface area contributed by atoms with Crippen LogP contribution >= 0.6 is 0 Å². The molecule has 3 heterocycles. The van der Waals surface area contributed by atoms with Crippen molar-refractivity contribution in [2.75, 3.05) is 11.9 Å². The van der Waals surface area contributed by atoms with Gasteiger partial charge in [-0.3, -0.25) is 0 Å². The molecule has 1 aliphatic heterocycles. The minimum Gasteiger partial charge on any atom is -0.442 e. The van der Waals surface area contributed by atoms with E-state index in [2.05, 4.69) is 30.9 Å². The molecule has 29 heavy (non-hydrogen) atoms. The largest absolute Gasteiger partial charge is 0.442 e. The summed E-state index contributed by atoms with van der Waals surface area (Å²) >= 11 is 0. The van der Waals surface area contributed by atoms with Crippen LogP contribution in [0.15, 0.2) is 36.7 Å². The van der Waals surface area contributed by atoms with Gasteiger partial charge in [0, 0.05) is 17.4 Å². The van der Waals surface area contributed by atoms with Crippen molar-refractivity contribution in [1.29, 1.82) is 0 Å². The van der Waals surface area contributed by atoms with Crippen molar-refractivity contribution in [3.63, 3.8) is 0 Å². The maximum Gasteiger partial charge on any atom is 0.407 e. The van der Waals surface area contributed by atoms with Crippen molar-refractivity contribution in [3.05, 3.63) is 47.9 Å². The smallest absolute Gasteiger partial charge is 0.407 e. The number of amides is 1. The maximum atomic E-state index is 12.8. The van der Waals surface area contributed by atoms with Crippen LogP contribution in [0.3, 0.4) is 0 Å². The number of cyclic esters (lactones) is 1. The Kier molecular flexibility index (Phi) is 5.02. The third-order valence-corrected chi connectivity index (χ3v) is 4.21. The van der Waals surface area contributed by atoms with E-state index in [-0.39, 0.29) is 17.7 Å². The van der Waals surface area contributed by atoms with Gasteiger partial charge in [-0.15, -0.1) is 5.10 Å². The summed E-state index contributed by atoms with van der Waals surface area (Å²) in [7, 11) is 0. The Morgan fingerprint density at radius 1 is 1.38 bits per heavy atom. The summed E-state index contributed by atoms with van der Waals surface area (Å²) < 4.78 is 32.4. The molecule has 1 saturated heterocycles. The molecule has 3 aromatic rings. The SMILES string of the molecule is Cc1cc(Nc2nccc(C(F)F)n2)cc(-c2cn(C[C@H]3CNC(=O)O3)nn2)c1. The van der Waals surface area contributed by atoms with Gasteiger partial charge in [0.25, 0.3) is 6.43 Å². The predicted molar refractivity (Wildman–Crippen MR) is 98.7 cm³/mol. The van der Waals surface area contributed by atoms with E-state index < -0.39 is 12.5 Å². The van der Waals surface area contributed by atoms with Crippen molar-refractivity contribution in [1.82, 2.24) is 30.3 Å². The highest BCUT2D eigenvalue weighted by Gasteiger charge is 2.23. The average Bonchev–Trinajstić information content (AvgIpc) is 3.31. The number of benzene rings is 1. The van der Waals surface area contributed by atoms with Gasteiger partial charge in [-0.25, -0.2) is 28.2 Å².